The normalized spacial score (nSPS) is 12.1. The molecule has 0 spiro atoms. The fourth-order valence-corrected chi connectivity index (χ4v) is 2.87. The molecule has 0 aliphatic carbocycles. The van der Waals surface area contributed by atoms with Gasteiger partial charge in [0.25, 0.3) is 0 Å². The summed E-state index contributed by atoms with van der Waals surface area (Å²) in [5.74, 6) is 0.0458. The zero-order valence-electron chi connectivity index (χ0n) is 12.7. The number of carbonyl (C=O) groups excluding carboxylic acids is 1. The van der Waals surface area contributed by atoms with Crippen LogP contribution in [-0.2, 0) is 17.9 Å². The topological polar surface area (TPSA) is 46.9 Å². The number of aryl methyl sites for hydroxylation is 2. The van der Waals surface area contributed by atoms with Gasteiger partial charge in [-0.1, -0.05) is 17.7 Å². The summed E-state index contributed by atoms with van der Waals surface area (Å²) >= 11 is 1.57. The summed E-state index contributed by atoms with van der Waals surface area (Å²) < 4.78 is 2.03. The SMILES string of the molecule is CCn1cncc1CNC(=O)C(C)Sc1ccc(C)cc1. The fourth-order valence-electron chi connectivity index (χ4n) is 1.98. The number of benzene rings is 1. The van der Waals surface area contributed by atoms with Crippen LogP contribution in [-0.4, -0.2) is 20.7 Å². The lowest BCUT2D eigenvalue weighted by Crippen LogP contribution is -2.31. The first-order valence-electron chi connectivity index (χ1n) is 7.10. The lowest BCUT2D eigenvalue weighted by molar-refractivity contribution is -0.120. The summed E-state index contributed by atoms with van der Waals surface area (Å²) in [5.41, 5.74) is 2.25. The second-order valence-electron chi connectivity index (χ2n) is 4.96. The summed E-state index contributed by atoms with van der Waals surface area (Å²) in [6.07, 6.45) is 3.58. The number of rotatable bonds is 6. The van der Waals surface area contributed by atoms with Crippen molar-refractivity contribution in [3.8, 4) is 0 Å². The molecule has 2 aromatic rings. The molecule has 5 heteroatoms. The van der Waals surface area contributed by atoms with Crippen LogP contribution in [0.1, 0.15) is 25.1 Å². The average molecular weight is 303 g/mol. The molecular formula is C16H21N3OS. The first kappa shape index (κ1) is 15.6. The molecule has 0 aliphatic heterocycles. The molecule has 1 atom stereocenters. The molecular weight excluding hydrogens is 282 g/mol. The number of carbonyl (C=O) groups is 1. The molecule has 0 bridgehead atoms. The molecule has 1 N–H and O–H groups in total. The number of aromatic nitrogens is 2. The second-order valence-corrected chi connectivity index (χ2v) is 6.38. The van der Waals surface area contributed by atoms with Crippen molar-refractivity contribution in [3.05, 3.63) is 48.0 Å². The van der Waals surface area contributed by atoms with E-state index in [1.807, 2.05) is 11.5 Å². The second kappa shape index (κ2) is 7.31. The Hall–Kier alpha value is -1.75. The van der Waals surface area contributed by atoms with E-state index in [4.69, 9.17) is 0 Å². The summed E-state index contributed by atoms with van der Waals surface area (Å²) in [6.45, 7) is 7.42. The molecule has 0 fully saturated rings. The number of hydrogen-bond donors (Lipinski definition) is 1. The van der Waals surface area contributed by atoms with Gasteiger partial charge in [-0.15, -0.1) is 11.8 Å². The Morgan fingerprint density at radius 2 is 2.10 bits per heavy atom. The van der Waals surface area contributed by atoms with E-state index in [0.29, 0.717) is 6.54 Å². The van der Waals surface area contributed by atoms with Gasteiger partial charge in [0.05, 0.1) is 23.8 Å². The number of amides is 1. The van der Waals surface area contributed by atoms with Crippen LogP contribution in [0, 0.1) is 6.92 Å². The molecule has 112 valence electrons. The van der Waals surface area contributed by atoms with Crippen molar-refractivity contribution in [1.29, 1.82) is 0 Å². The van der Waals surface area contributed by atoms with Crippen LogP contribution in [0.4, 0.5) is 0 Å². The third kappa shape index (κ3) is 4.36. The average Bonchev–Trinajstić information content (AvgIpc) is 2.94. The van der Waals surface area contributed by atoms with E-state index in [0.717, 1.165) is 17.1 Å². The van der Waals surface area contributed by atoms with Crippen molar-refractivity contribution < 1.29 is 4.79 Å². The molecule has 1 amide bonds. The van der Waals surface area contributed by atoms with Crippen LogP contribution >= 0.6 is 11.8 Å². The Bertz CT molecular complexity index is 592. The quantitative estimate of drug-likeness (QED) is 0.835. The predicted molar refractivity (Wildman–Crippen MR) is 86.2 cm³/mol. The minimum absolute atomic E-state index is 0.0458. The third-order valence-corrected chi connectivity index (χ3v) is 4.40. The number of imidazole rings is 1. The van der Waals surface area contributed by atoms with E-state index in [1.54, 1.807) is 24.3 Å². The molecule has 1 aromatic heterocycles. The van der Waals surface area contributed by atoms with Gasteiger partial charge in [-0.3, -0.25) is 4.79 Å². The van der Waals surface area contributed by atoms with E-state index < -0.39 is 0 Å². The van der Waals surface area contributed by atoms with Gasteiger partial charge >= 0.3 is 0 Å². The van der Waals surface area contributed by atoms with Crippen molar-refractivity contribution in [2.45, 2.75) is 44.0 Å². The maximum absolute atomic E-state index is 12.1. The van der Waals surface area contributed by atoms with Crippen LogP contribution in [0.25, 0.3) is 0 Å². The summed E-state index contributed by atoms with van der Waals surface area (Å²) in [4.78, 5) is 17.4. The van der Waals surface area contributed by atoms with E-state index in [2.05, 4.69) is 48.4 Å². The molecule has 1 aromatic carbocycles. The summed E-state index contributed by atoms with van der Waals surface area (Å²) in [6, 6.07) is 8.23. The highest BCUT2D eigenvalue weighted by Gasteiger charge is 2.14. The van der Waals surface area contributed by atoms with Crippen molar-refractivity contribution in [3.63, 3.8) is 0 Å². The van der Waals surface area contributed by atoms with Crippen LogP contribution in [0.15, 0.2) is 41.7 Å². The minimum atomic E-state index is -0.120. The molecule has 2 rings (SSSR count). The molecule has 21 heavy (non-hydrogen) atoms. The molecule has 4 nitrogen and oxygen atoms in total. The van der Waals surface area contributed by atoms with E-state index in [-0.39, 0.29) is 11.2 Å². The lowest BCUT2D eigenvalue weighted by Gasteiger charge is -2.12. The largest absolute Gasteiger partial charge is 0.350 e. The van der Waals surface area contributed by atoms with Crippen molar-refractivity contribution >= 4 is 17.7 Å². The first-order valence-corrected chi connectivity index (χ1v) is 7.98. The van der Waals surface area contributed by atoms with Gasteiger partial charge in [-0.05, 0) is 32.9 Å². The summed E-state index contributed by atoms with van der Waals surface area (Å²) in [5, 5.41) is 2.85. The van der Waals surface area contributed by atoms with Crippen LogP contribution in [0.3, 0.4) is 0 Å². The highest BCUT2D eigenvalue weighted by molar-refractivity contribution is 8.00. The zero-order chi connectivity index (χ0) is 15.2. The number of nitrogens with one attached hydrogen (secondary N) is 1. The Kier molecular flexibility index (Phi) is 5.44. The Morgan fingerprint density at radius 1 is 1.38 bits per heavy atom. The van der Waals surface area contributed by atoms with E-state index >= 15 is 0 Å². The molecule has 0 saturated heterocycles. The highest BCUT2D eigenvalue weighted by atomic mass is 32.2. The maximum atomic E-state index is 12.1. The molecule has 1 heterocycles. The van der Waals surface area contributed by atoms with Crippen LogP contribution in [0.5, 0.6) is 0 Å². The number of thioether (sulfide) groups is 1. The Morgan fingerprint density at radius 3 is 2.76 bits per heavy atom. The van der Waals surface area contributed by atoms with Crippen LogP contribution < -0.4 is 5.32 Å². The number of nitrogens with zero attached hydrogens (tertiary/aromatic N) is 2. The predicted octanol–water partition coefficient (Wildman–Crippen LogP) is 3.01. The van der Waals surface area contributed by atoms with Gasteiger partial charge < -0.3 is 9.88 Å². The van der Waals surface area contributed by atoms with Gasteiger partial charge in [-0.25, -0.2) is 4.98 Å². The monoisotopic (exact) mass is 303 g/mol. The molecule has 0 aliphatic rings. The summed E-state index contributed by atoms with van der Waals surface area (Å²) in [7, 11) is 0. The van der Waals surface area contributed by atoms with Crippen molar-refractivity contribution in [2.75, 3.05) is 0 Å². The molecule has 0 saturated carbocycles. The lowest BCUT2D eigenvalue weighted by atomic mass is 10.2. The van der Waals surface area contributed by atoms with E-state index in [9.17, 15) is 4.79 Å². The number of hydrogen-bond acceptors (Lipinski definition) is 3. The Labute approximate surface area is 130 Å². The molecule has 1 unspecified atom stereocenters. The van der Waals surface area contributed by atoms with Gasteiger partial charge in [0.1, 0.15) is 0 Å². The maximum Gasteiger partial charge on any atom is 0.233 e. The van der Waals surface area contributed by atoms with Gasteiger partial charge in [0.15, 0.2) is 0 Å². The van der Waals surface area contributed by atoms with Gasteiger partial charge in [-0.2, -0.15) is 0 Å². The smallest absolute Gasteiger partial charge is 0.233 e. The van der Waals surface area contributed by atoms with Crippen molar-refractivity contribution in [2.24, 2.45) is 0 Å². The fraction of sp³-hybridized carbons (Fsp3) is 0.375. The first-order chi connectivity index (χ1) is 10.1. The Balaban J connectivity index is 1.86. The zero-order valence-corrected chi connectivity index (χ0v) is 13.5. The molecule has 0 radical (unpaired) electrons. The highest BCUT2D eigenvalue weighted by Crippen LogP contribution is 2.23. The van der Waals surface area contributed by atoms with Gasteiger partial charge in [0.2, 0.25) is 5.91 Å². The minimum Gasteiger partial charge on any atom is -0.350 e. The van der Waals surface area contributed by atoms with E-state index in [1.165, 1.54) is 5.56 Å². The van der Waals surface area contributed by atoms with Crippen LogP contribution in [0.2, 0.25) is 0 Å². The third-order valence-electron chi connectivity index (χ3n) is 3.29. The van der Waals surface area contributed by atoms with Crippen molar-refractivity contribution in [1.82, 2.24) is 14.9 Å². The standard InChI is InChI=1S/C16H21N3OS/c1-4-19-11-17-9-14(19)10-18-16(20)13(3)21-15-7-5-12(2)6-8-15/h5-9,11,13H,4,10H2,1-3H3,(H,18,20). The van der Waals surface area contributed by atoms with Gasteiger partial charge in [0, 0.05) is 17.6 Å².